The lowest BCUT2D eigenvalue weighted by atomic mass is 9.91. The number of hydrogen-bond donors (Lipinski definition) is 0. The van der Waals surface area contributed by atoms with Crippen molar-refractivity contribution in [2.24, 2.45) is 11.0 Å². The normalized spacial score (nSPS) is 18.6. The van der Waals surface area contributed by atoms with Crippen LogP contribution in [0.4, 0.5) is 10.5 Å². The average molecular weight is 535 g/mol. The highest BCUT2D eigenvalue weighted by atomic mass is 35.5. The fraction of sp³-hybridized carbons (Fsp3) is 0.333. The number of carbonyl (C=O) groups is 3. The molecule has 1 fully saturated rings. The van der Waals surface area contributed by atoms with Gasteiger partial charge in [0.05, 0.1) is 38.8 Å². The van der Waals surface area contributed by atoms with E-state index in [1.165, 1.54) is 35.4 Å². The van der Waals surface area contributed by atoms with Gasteiger partial charge in [-0.1, -0.05) is 23.2 Å². The molecular formula is C24H24Cl2N4O6. The molecule has 4 amide bonds. The molecule has 12 heteroatoms. The van der Waals surface area contributed by atoms with Crippen molar-refractivity contribution in [2.45, 2.75) is 12.5 Å². The first-order valence-corrected chi connectivity index (χ1v) is 11.6. The van der Waals surface area contributed by atoms with Gasteiger partial charge in [0.25, 0.3) is 0 Å². The number of benzene rings is 2. The number of rotatable bonds is 6. The number of nitrogens with zero attached hydrogens (tertiary/aromatic N) is 4. The quantitative estimate of drug-likeness (QED) is 0.516. The monoisotopic (exact) mass is 534 g/mol. The Morgan fingerprint density at radius 1 is 0.833 bits per heavy atom. The van der Waals surface area contributed by atoms with Crippen LogP contribution in [-0.4, -0.2) is 68.8 Å². The van der Waals surface area contributed by atoms with Gasteiger partial charge in [0, 0.05) is 30.6 Å². The van der Waals surface area contributed by atoms with Crippen molar-refractivity contribution >= 4 is 52.4 Å². The maximum Gasteiger partial charge on any atom is 0.332 e. The number of barbiturate groups is 1. The van der Waals surface area contributed by atoms with Crippen LogP contribution in [-0.2, 0) is 9.59 Å². The zero-order valence-corrected chi connectivity index (χ0v) is 21.8. The van der Waals surface area contributed by atoms with E-state index in [-0.39, 0.29) is 6.42 Å². The molecule has 2 heterocycles. The van der Waals surface area contributed by atoms with Crippen LogP contribution in [0.15, 0.2) is 35.4 Å². The second-order valence-electron chi connectivity index (χ2n) is 8.25. The maximum atomic E-state index is 13.0. The first kappa shape index (κ1) is 25.6. The Hall–Kier alpha value is -3.50. The maximum absolute atomic E-state index is 13.0. The van der Waals surface area contributed by atoms with Gasteiger partial charge >= 0.3 is 6.03 Å². The average Bonchev–Trinajstić information content (AvgIpc) is 3.30. The fourth-order valence-corrected chi connectivity index (χ4v) is 4.88. The Morgan fingerprint density at radius 2 is 1.36 bits per heavy atom. The summed E-state index contributed by atoms with van der Waals surface area (Å²) < 4.78 is 16.5. The Labute approximate surface area is 217 Å². The number of imide groups is 2. The zero-order valence-electron chi connectivity index (χ0n) is 20.2. The molecule has 1 atom stereocenters. The molecule has 190 valence electrons. The zero-order chi connectivity index (χ0) is 26.3. The van der Waals surface area contributed by atoms with Gasteiger partial charge in [0.1, 0.15) is 0 Å². The van der Waals surface area contributed by atoms with Crippen molar-refractivity contribution in [3.05, 3.63) is 45.9 Å². The van der Waals surface area contributed by atoms with Crippen LogP contribution in [0.2, 0.25) is 10.0 Å². The van der Waals surface area contributed by atoms with Gasteiger partial charge in [-0.25, -0.2) is 4.79 Å². The lowest BCUT2D eigenvalue weighted by molar-refractivity contribution is -0.144. The molecule has 0 spiro atoms. The van der Waals surface area contributed by atoms with E-state index in [0.717, 1.165) is 9.80 Å². The summed E-state index contributed by atoms with van der Waals surface area (Å²) in [4.78, 5) is 40.1. The van der Waals surface area contributed by atoms with Gasteiger partial charge in [0.2, 0.25) is 17.6 Å². The predicted octanol–water partition coefficient (Wildman–Crippen LogP) is 3.99. The van der Waals surface area contributed by atoms with E-state index < -0.39 is 29.8 Å². The molecular weight excluding hydrogens is 511 g/mol. The topological polar surface area (TPSA) is 101 Å². The molecule has 2 aliphatic heterocycles. The van der Waals surface area contributed by atoms with Gasteiger partial charge in [-0.05, 0) is 35.9 Å². The van der Waals surface area contributed by atoms with Crippen LogP contribution >= 0.6 is 23.2 Å². The van der Waals surface area contributed by atoms with E-state index in [1.54, 1.807) is 35.3 Å². The number of amides is 4. The van der Waals surface area contributed by atoms with Gasteiger partial charge in [-0.15, -0.1) is 0 Å². The molecule has 2 aromatic carbocycles. The highest BCUT2D eigenvalue weighted by molar-refractivity contribution is 6.35. The summed E-state index contributed by atoms with van der Waals surface area (Å²) in [6.07, 6.45) is 0.195. The smallest absolute Gasteiger partial charge is 0.332 e. The summed E-state index contributed by atoms with van der Waals surface area (Å²) >= 11 is 12.5. The van der Waals surface area contributed by atoms with Crippen LogP contribution in [0.25, 0.3) is 0 Å². The molecule has 0 saturated carbocycles. The van der Waals surface area contributed by atoms with Crippen molar-refractivity contribution in [1.29, 1.82) is 0 Å². The minimum Gasteiger partial charge on any atom is -0.493 e. The van der Waals surface area contributed by atoms with Crippen LogP contribution in [0, 0.1) is 5.92 Å². The highest BCUT2D eigenvalue weighted by Crippen LogP contribution is 2.45. The molecule has 0 aromatic heterocycles. The molecule has 1 unspecified atom stereocenters. The van der Waals surface area contributed by atoms with Gasteiger partial charge in [-0.2, -0.15) is 5.10 Å². The number of hydrazone groups is 1. The third-order valence-corrected chi connectivity index (χ3v) is 6.62. The van der Waals surface area contributed by atoms with Crippen LogP contribution in [0.3, 0.4) is 0 Å². The lowest BCUT2D eigenvalue weighted by Gasteiger charge is -2.32. The van der Waals surface area contributed by atoms with Crippen molar-refractivity contribution in [3.8, 4) is 17.2 Å². The van der Waals surface area contributed by atoms with Gasteiger partial charge < -0.3 is 14.2 Å². The van der Waals surface area contributed by atoms with Gasteiger partial charge in [-0.3, -0.25) is 24.4 Å². The first-order valence-electron chi connectivity index (χ1n) is 10.8. The second kappa shape index (κ2) is 9.87. The van der Waals surface area contributed by atoms with E-state index in [9.17, 15) is 14.4 Å². The standard InChI is InChI=1S/C24H24Cl2N4O6/c1-28-22(31)20(23(32)29(2)24(28)33)16-11-17(30(27-16)15-9-13(25)8-14(26)10-15)12-6-18(34-3)21(36-5)19(7-12)35-4/h6-10,17,20H,11H2,1-5H3. The van der Waals surface area contributed by atoms with E-state index in [1.807, 2.05) is 0 Å². The van der Waals surface area contributed by atoms with E-state index in [4.69, 9.17) is 37.4 Å². The fourth-order valence-electron chi connectivity index (χ4n) is 4.36. The molecule has 4 rings (SSSR count). The molecule has 0 N–H and O–H groups in total. The third kappa shape index (κ3) is 4.31. The number of ether oxygens (including phenoxy) is 3. The molecule has 0 bridgehead atoms. The minimum absolute atomic E-state index is 0.195. The SMILES string of the molecule is COc1cc(C2CC(C3C(=O)N(C)C(=O)N(C)C3=O)=NN2c2cc(Cl)cc(Cl)c2)cc(OC)c1OC. The van der Waals surface area contributed by atoms with E-state index in [0.29, 0.717) is 44.3 Å². The Balaban J connectivity index is 1.85. The summed E-state index contributed by atoms with van der Waals surface area (Å²) in [6, 6.07) is 7.31. The number of halogens is 2. The first-order chi connectivity index (χ1) is 17.1. The van der Waals surface area contributed by atoms with Crippen molar-refractivity contribution in [2.75, 3.05) is 40.4 Å². The van der Waals surface area contributed by atoms with Crippen LogP contribution in [0.5, 0.6) is 17.2 Å². The lowest BCUT2D eigenvalue weighted by Crippen LogP contribution is -2.58. The Morgan fingerprint density at radius 3 is 1.83 bits per heavy atom. The molecule has 36 heavy (non-hydrogen) atoms. The highest BCUT2D eigenvalue weighted by Gasteiger charge is 2.48. The third-order valence-electron chi connectivity index (χ3n) is 6.18. The molecule has 1 saturated heterocycles. The largest absolute Gasteiger partial charge is 0.493 e. The van der Waals surface area contributed by atoms with Crippen LogP contribution < -0.4 is 19.2 Å². The van der Waals surface area contributed by atoms with E-state index in [2.05, 4.69) is 5.10 Å². The summed E-state index contributed by atoms with van der Waals surface area (Å²) in [5.41, 5.74) is 1.56. The summed E-state index contributed by atoms with van der Waals surface area (Å²) in [7, 11) is 7.19. The second-order valence-corrected chi connectivity index (χ2v) is 9.13. The van der Waals surface area contributed by atoms with E-state index >= 15 is 0 Å². The molecule has 0 aliphatic carbocycles. The summed E-state index contributed by atoms with van der Waals surface area (Å²) in [6.45, 7) is 0. The van der Waals surface area contributed by atoms with Crippen molar-refractivity contribution in [3.63, 3.8) is 0 Å². The number of methoxy groups -OCH3 is 3. The molecule has 2 aromatic rings. The number of urea groups is 1. The Kier molecular flexibility index (Phi) is 7.01. The van der Waals surface area contributed by atoms with Crippen molar-refractivity contribution < 1.29 is 28.6 Å². The van der Waals surface area contributed by atoms with Gasteiger partial charge in [0.15, 0.2) is 17.4 Å². The summed E-state index contributed by atoms with van der Waals surface area (Å²) in [5, 5.41) is 7.10. The van der Waals surface area contributed by atoms with Crippen LogP contribution in [0.1, 0.15) is 18.0 Å². The molecule has 0 radical (unpaired) electrons. The predicted molar refractivity (Wildman–Crippen MR) is 134 cm³/mol. The number of hydrogen-bond acceptors (Lipinski definition) is 8. The molecule has 2 aliphatic rings. The molecule has 10 nitrogen and oxygen atoms in total. The Bertz CT molecular complexity index is 1210. The summed E-state index contributed by atoms with van der Waals surface area (Å²) in [5.74, 6) is -1.26. The minimum atomic E-state index is -1.25. The number of anilines is 1. The van der Waals surface area contributed by atoms with Crippen molar-refractivity contribution in [1.82, 2.24) is 9.80 Å². The number of carbonyl (C=O) groups excluding carboxylic acids is 3.